The zero-order valence-corrected chi connectivity index (χ0v) is 11.3. The zero-order chi connectivity index (χ0) is 13.5. The normalized spacial score (nSPS) is 11.7. The molecule has 1 aromatic rings. The van der Waals surface area contributed by atoms with Crippen molar-refractivity contribution in [2.45, 2.75) is 25.6 Å². The van der Waals surface area contributed by atoms with Crippen molar-refractivity contribution in [1.82, 2.24) is 5.32 Å². The molecule has 0 saturated carbocycles. The van der Waals surface area contributed by atoms with Gasteiger partial charge >= 0.3 is 0 Å². The third-order valence-corrected chi connectivity index (χ3v) is 2.52. The molecular formula is C13H17ClN2O2. The largest absolute Gasteiger partial charge is 0.352 e. The fraction of sp³-hybridized carbons (Fsp3) is 0.385. The van der Waals surface area contributed by atoms with E-state index in [0.717, 1.165) is 6.42 Å². The van der Waals surface area contributed by atoms with E-state index in [4.69, 9.17) is 11.6 Å². The predicted molar refractivity (Wildman–Crippen MR) is 73.0 cm³/mol. The van der Waals surface area contributed by atoms with Gasteiger partial charge in [0.2, 0.25) is 5.91 Å². The molecule has 1 unspecified atom stereocenters. The molecule has 1 atom stereocenters. The molecule has 0 heterocycles. The van der Waals surface area contributed by atoms with Crippen LogP contribution in [0.4, 0.5) is 5.69 Å². The topological polar surface area (TPSA) is 58.2 Å². The number of hydrogen-bond acceptors (Lipinski definition) is 2. The van der Waals surface area contributed by atoms with E-state index in [-0.39, 0.29) is 11.8 Å². The Morgan fingerprint density at radius 2 is 2.00 bits per heavy atom. The number of carbonyl (C=O) groups is 2. The van der Waals surface area contributed by atoms with Crippen LogP contribution in [0, 0.1) is 0 Å². The van der Waals surface area contributed by atoms with Crippen LogP contribution in [0.15, 0.2) is 24.3 Å². The van der Waals surface area contributed by atoms with Gasteiger partial charge in [-0.1, -0.05) is 19.1 Å². The van der Waals surface area contributed by atoms with Crippen LogP contribution < -0.4 is 10.6 Å². The van der Waals surface area contributed by atoms with E-state index in [2.05, 4.69) is 10.6 Å². The minimum absolute atomic E-state index is 0.199. The Bertz CT molecular complexity index is 433. The Kier molecular flexibility index (Phi) is 5.65. The minimum atomic E-state index is -0.642. The molecule has 5 heteroatoms. The van der Waals surface area contributed by atoms with Crippen LogP contribution in [0.5, 0.6) is 0 Å². The molecular weight excluding hydrogens is 252 g/mol. The third-order valence-electron chi connectivity index (χ3n) is 2.33. The Balaban J connectivity index is 2.85. The van der Waals surface area contributed by atoms with Gasteiger partial charge in [-0.3, -0.25) is 9.59 Å². The summed E-state index contributed by atoms with van der Waals surface area (Å²) < 4.78 is 0. The standard InChI is InChI=1S/C13H17ClN2O2/c1-3-8-15-13(18)10-6-4-5-7-11(10)16-12(17)9(2)14/h4-7,9H,3,8H2,1-2H3,(H,15,18)(H,16,17). The molecule has 0 aromatic heterocycles. The number of nitrogens with one attached hydrogen (secondary N) is 2. The van der Waals surface area contributed by atoms with Gasteiger partial charge in [0.05, 0.1) is 11.3 Å². The molecule has 1 aromatic carbocycles. The first-order valence-corrected chi connectivity index (χ1v) is 6.32. The third kappa shape index (κ3) is 4.04. The molecule has 0 radical (unpaired) electrons. The van der Waals surface area contributed by atoms with Gasteiger partial charge in [0, 0.05) is 6.54 Å². The summed E-state index contributed by atoms with van der Waals surface area (Å²) in [5.74, 6) is -0.526. The maximum Gasteiger partial charge on any atom is 0.253 e. The Labute approximate surface area is 112 Å². The van der Waals surface area contributed by atoms with Crippen molar-refractivity contribution in [3.05, 3.63) is 29.8 Å². The van der Waals surface area contributed by atoms with E-state index < -0.39 is 5.38 Å². The fourth-order valence-electron chi connectivity index (χ4n) is 1.36. The summed E-state index contributed by atoms with van der Waals surface area (Å²) in [6, 6.07) is 6.85. The smallest absolute Gasteiger partial charge is 0.253 e. The highest BCUT2D eigenvalue weighted by Gasteiger charge is 2.14. The lowest BCUT2D eigenvalue weighted by Crippen LogP contribution is -2.27. The second-order valence-electron chi connectivity index (χ2n) is 3.91. The van der Waals surface area contributed by atoms with E-state index in [9.17, 15) is 9.59 Å². The van der Waals surface area contributed by atoms with Crippen LogP contribution >= 0.6 is 11.6 Å². The zero-order valence-electron chi connectivity index (χ0n) is 10.5. The Morgan fingerprint density at radius 3 is 2.61 bits per heavy atom. The molecule has 98 valence electrons. The van der Waals surface area contributed by atoms with Crippen molar-refractivity contribution in [3.63, 3.8) is 0 Å². The summed E-state index contributed by atoms with van der Waals surface area (Å²) in [5.41, 5.74) is 0.917. The molecule has 2 amide bonds. The second-order valence-corrected chi connectivity index (χ2v) is 4.56. The predicted octanol–water partition coefficient (Wildman–Crippen LogP) is 2.39. The van der Waals surface area contributed by atoms with Gasteiger partial charge in [0.25, 0.3) is 5.91 Å². The molecule has 0 aliphatic heterocycles. The van der Waals surface area contributed by atoms with Crippen molar-refractivity contribution in [2.75, 3.05) is 11.9 Å². The monoisotopic (exact) mass is 268 g/mol. The molecule has 0 bridgehead atoms. The molecule has 2 N–H and O–H groups in total. The molecule has 18 heavy (non-hydrogen) atoms. The average molecular weight is 269 g/mol. The molecule has 0 aliphatic carbocycles. The molecule has 0 spiro atoms. The number of hydrogen-bond donors (Lipinski definition) is 2. The van der Waals surface area contributed by atoms with E-state index in [1.54, 1.807) is 31.2 Å². The number of anilines is 1. The van der Waals surface area contributed by atoms with Gasteiger partial charge in [-0.05, 0) is 25.5 Å². The lowest BCUT2D eigenvalue weighted by molar-refractivity contribution is -0.115. The van der Waals surface area contributed by atoms with Gasteiger partial charge < -0.3 is 10.6 Å². The number of rotatable bonds is 5. The number of benzene rings is 1. The first-order chi connectivity index (χ1) is 8.56. The molecule has 4 nitrogen and oxygen atoms in total. The summed E-state index contributed by atoms with van der Waals surface area (Å²) in [5, 5.41) is 4.76. The maximum atomic E-state index is 11.9. The minimum Gasteiger partial charge on any atom is -0.352 e. The lowest BCUT2D eigenvalue weighted by Gasteiger charge is -2.11. The first kappa shape index (κ1) is 14.5. The Hall–Kier alpha value is -1.55. The quantitative estimate of drug-likeness (QED) is 0.806. The maximum absolute atomic E-state index is 11.9. The van der Waals surface area contributed by atoms with Gasteiger partial charge in [-0.15, -0.1) is 11.6 Å². The van der Waals surface area contributed by atoms with Crippen LogP contribution in [-0.2, 0) is 4.79 Å². The number of alkyl halides is 1. The number of carbonyl (C=O) groups excluding carboxylic acids is 2. The van der Waals surface area contributed by atoms with E-state index in [1.165, 1.54) is 0 Å². The van der Waals surface area contributed by atoms with E-state index >= 15 is 0 Å². The lowest BCUT2D eigenvalue weighted by atomic mass is 10.1. The second kappa shape index (κ2) is 7.01. The summed E-state index contributed by atoms with van der Waals surface area (Å²) >= 11 is 5.68. The van der Waals surface area contributed by atoms with Gasteiger partial charge in [-0.25, -0.2) is 0 Å². The Morgan fingerprint density at radius 1 is 1.33 bits per heavy atom. The molecule has 0 aliphatic rings. The number of para-hydroxylation sites is 1. The summed E-state index contributed by atoms with van der Waals surface area (Å²) in [4.78, 5) is 23.4. The number of halogens is 1. The van der Waals surface area contributed by atoms with Crippen molar-refractivity contribution >= 4 is 29.1 Å². The van der Waals surface area contributed by atoms with Gasteiger partial charge in [0.15, 0.2) is 0 Å². The first-order valence-electron chi connectivity index (χ1n) is 5.88. The summed E-state index contributed by atoms with van der Waals surface area (Å²) in [6.45, 7) is 4.16. The molecule has 1 rings (SSSR count). The van der Waals surface area contributed by atoms with Crippen LogP contribution in [-0.4, -0.2) is 23.7 Å². The summed E-state index contributed by atoms with van der Waals surface area (Å²) in [7, 11) is 0. The van der Waals surface area contributed by atoms with Crippen LogP contribution in [0.1, 0.15) is 30.6 Å². The highest BCUT2D eigenvalue weighted by atomic mass is 35.5. The van der Waals surface area contributed by atoms with Crippen molar-refractivity contribution in [3.8, 4) is 0 Å². The average Bonchev–Trinajstić information content (AvgIpc) is 2.36. The van der Waals surface area contributed by atoms with Crippen LogP contribution in [0.2, 0.25) is 0 Å². The fourth-order valence-corrected chi connectivity index (χ4v) is 1.41. The van der Waals surface area contributed by atoms with Crippen LogP contribution in [0.3, 0.4) is 0 Å². The van der Waals surface area contributed by atoms with Crippen molar-refractivity contribution < 1.29 is 9.59 Å². The van der Waals surface area contributed by atoms with Crippen molar-refractivity contribution in [2.24, 2.45) is 0 Å². The molecule has 0 fully saturated rings. The van der Waals surface area contributed by atoms with Crippen LogP contribution in [0.25, 0.3) is 0 Å². The van der Waals surface area contributed by atoms with E-state index in [1.807, 2.05) is 6.92 Å². The van der Waals surface area contributed by atoms with E-state index in [0.29, 0.717) is 17.8 Å². The summed E-state index contributed by atoms with van der Waals surface area (Å²) in [6.07, 6.45) is 0.860. The van der Waals surface area contributed by atoms with Gasteiger partial charge in [-0.2, -0.15) is 0 Å². The van der Waals surface area contributed by atoms with Crippen molar-refractivity contribution in [1.29, 1.82) is 0 Å². The molecule has 0 saturated heterocycles. The van der Waals surface area contributed by atoms with Gasteiger partial charge in [0.1, 0.15) is 5.38 Å². The highest BCUT2D eigenvalue weighted by molar-refractivity contribution is 6.32. The highest BCUT2D eigenvalue weighted by Crippen LogP contribution is 2.15. The number of amides is 2. The SMILES string of the molecule is CCCNC(=O)c1ccccc1NC(=O)C(C)Cl.